The summed E-state index contributed by atoms with van der Waals surface area (Å²) in [5, 5.41) is 9.32. The molecule has 0 bridgehead atoms. The van der Waals surface area contributed by atoms with Crippen LogP contribution in [0.15, 0.2) is 29.4 Å². The zero-order chi connectivity index (χ0) is 19.5. The van der Waals surface area contributed by atoms with E-state index in [1.54, 1.807) is 19.1 Å². The molecule has 0 fully saturated rings. The molecule has 5 nitrogen and oxygen atoms in total. The minimum Gasteiger partial charge on any atom is -0.352 e. The normalized spacial score (nSPS) is 13.6. The number of alkyl halides is 3. The van der Waals surface area contributed by atoms with Crippen molar-refractivity contribution >= 4 is 5.96 Å². The van der Waals surface area contributed by atoms with Crippen LogP contribution in [-0.2, 0) is 19.8 Å². The lowest BCUT2D eigenvalue weighted by Crippen LogP contribution is -2.38. The molecular formula is C17H21F4N5. The van der Waals surface area contributed by atoms with E-state index in [1.807, 2.05) is 6.92 Å². The first-order valence-electron chi connectivity index (χ1n) is 7.94. The number of nitrogens with zero attached hydrogens (tertiary/aromatic N) is 3. The second-order valence-electron chi connectivity index (χ2n) is 5.97. The molecule has 1 aromatic heterocycles. The number of hydrogen-bond donors (Lipinski definition) is 2. The van der Waals surface area contributed by atoms with Gasteiger partial charge < -0.3 is 10.6 Å². The average molecular weight is 371 g/mol. The number of halogens is 4. The zero-order valence-corrected chi connectivity index (χ0v) is 14.9. The van der Waals surface area contributed by atoms with E-state index in [9.17, 15) is 17.6 Å². The summed E-state index contributed by atoms with van der Waals surface area (Å²) in [5.41, 5.74) is 0.321. The molecule has 2 rings (SSSR count). The Balaban J connectivity index is 2.05. The molecule has 9 heteroatoms. The van der Waals surface area contributed by atoms with Crippen LogP contribution in [0, 0.1) is 12.7 Å². The quantitative estimate of drug-likeness (QED) is 0.493. The number of rotatable bonds is 4. The summed E-state index contributed by atoms with van der Waals surface area (Å²) < 4.78 is 53.8. The van der Waals surface area contributed by atoms with Crippen LogP contribution in [0.2, 0.25) is 0 Å². The second kappa shape index (κ2) is 7.76. The lowest BCUT2D eigenvalue weighted by Gasteiger charge is -2.19. The molecule has 0 saturated heterocycles. The van der Waals surface area contributed by atoms with Gasteiger partial charge in [0.15, 0.2) is 11.7 Å². The van der Waals surface area contributed by atoms with E-state index in [0.717, 1.165) is 4.68 Å². The molecule has 2 aromatic rings. The fourth-order valence-electron chi connectivity index (χ4n) is 2.45. The van der Waals surface area contributed by atoms with Crippen molar-refractivity contribution in [3.8, 4) is 0 Å². The third-order valence-corrected chi connectivity index (χ3v) is 3.89. The number of benzene rings is 1. The van der Waals surface area contributed by atoms with E-state index >= 15 is 0 Å². The summed E-state index contributed by atoms with van der Waals surface area (Å²) in [6, 6.07) is 4.59. The first-order valence-corrected chi connectivity index (χ1v) is 7.94. The molecule has 0 radical (unpaired) electrons. The molecule has 1 atom stereocenters. The number of nitrogens with one attached hydrogen (secondary N) is 2. The lowest BCUT2D eigenvalue weighted by atomic mass is 10.1. The van der Waals surface area contributed by atoms with Crippen molar-refractivity contribution < 1.29 is 17.6 Å². The second-order valence-corrected chi connectivity index (χ2v) is 5.97. The van der Waals surface area contributed by atoms with Crippen LogP contribution < -0.4 is 10.6 Å². The zero-order valence-electron chi connectivity index (χ0n) is 14.9. The van der Waals surface area contributed by atoms with Crippen molar-refractivity contribution in [3.05, 3.63) is 52.6 Å². The van der Waals surface area contributed by atoms with Crippen molar-refractivity contribution in [2.24, 2.45) is 12.0 Å². The Labute approximate surface area is 149 Å². The van der Waals surface area contributed by atoms with Crippen LogP contribution in [0.25, 0.3) is 0 Å². The average Bonchev–Trinajstić information content (AvgIpc) is 2.95. The first kappa shape index (κ1) is 19.7. The van der Waals surface area contributed by atoms with Gasteiger partial charge in [-0.25, -0.2) is 4.39 Å². The molecule has 2 N–H and O–H groups in total. The molecule has 1 heterocycles. The minimum absolute atomic E-state index is 0.0111. The highest BCUT2D eigenvalue weighted by Gasteiger charge is 2.36. The fraction of sp³-hybridized carbons (Fsp3) is 0.412. The maximum atomic E-state index is 13.7. The molecule has 0 amide bonds. The largest absolute Gasteiger partial charge is 0.435 e. The van der Waals surface area contributed by atoms with Gasteiger partial charge in [0.1, 0.15) is 5.82 Å². The number of aromatic nitrogens is 2. The van der Waals surface area contributed by atoms with E-state index in [-0.39, 0.29) is 24.0 Å². The highest BCUT2D eigenvalue weighted by atomic mass is 19.4. The van der Waals surface area contributed by atoms with E-state index in [0.29, 0.717) is 17.1 Å². The molecule has 0 aliphatic heterocycles. The van der Waals surface area contributed by atoms with Crippen LogP contribution in [-0.4, -0.2) is 22.8 Å². The van der Waals surface area contributed by atoms with E-state index in [4.69, 9.17) is 0 Å². The third-order valence-electron chi connectivity index (χ3n) is 3.89. The van der Waals surface area contributed by atoms with Gasteiger partial charge in [-0.05, 0) is 31.0 Å². The Bertz CT molecular complexity index is 795. The minimum atomic E-state index is -4.53. The smallest absolute Gasteiger partial charge is 0.352 e. The van der Waals surface area contributed by atoms with E-state index < -0.39 is 11.9 Å². The SMILES string of the molecule is CN=C(NCc1cn(C)nc1C(F)(F)F)NC(C)c1ccc(C)c(F)c1. The summed E-state index contributed by atoms with van der Waals surface area (Å²) >= 11 is 0. The third kappa shape index (κ3) is 4.74. The van der Waals surface area contributed by atoms with Gasteiger partial charge >= 0.3 is 6.18 Å². The van der Waals surface area contributed by atoms with Crippen molar-refractivity contribution in [2.75, 3.05) is 7.05 Å². The van der Waals surface area contributed by atoms with Gasteiger partial charge in [0, 0.05) is 32.4 Å². The van der Waals surface area contributed by atoms with Crippen molar-refractivity contribution in [1.82, 2.24) is 20.4 Å². The Hall–Kier alpha value is -2.58. The molecule has 1 unspecified atom stereocenters. The number of aliphatic imine (C=N–C) groups is 1. The molecule has 142 valence electrons. The predicted molar refractivity (Wildman–Crippen MR) is 91.1 cm³/mol. The summed E-state index contributed by atoms with van der Waals surface area (Å²) in [7, 11) is 2.94. The van der Waals surface area contributed by atoms with Crippen molar-refractivity contribution in [3.63, 3.8) is 0 Å². The number of hydrogen-bond acceptors (Lipinski definition) is 2. The predicted octanol–water partition coefficient (Wildman–Crippen LogP) is 3.31. The molecule has 1 aromatic carbocycles. The Morgan fingerprint density at radius 3 is 2.62 bits per heavy atom. The van der Waals surface area contributed by atoms with Gasteiger partial charge in [-0.3, -0.25) is 9.67 Å². The first-order chi connectivity index (χ1) is 12.1. The van der Waals surface area contributed by atoms with Crippen LogP contribution in [0.5, 0.6) is 0 Å². The van der Waals surface area contributed by atoms with Gasteiger partial charge in [-0.1, -0.05) is 12.1 Å². The van der Waals surface area contributed by atoms with Gasteiger partial charge in [0.25, 0.3) is 0 Å². The van der Waals surface area contributed by atoms with E-state index in [1.165, 1.54) is 26.4 Å². The van der Waals surface area contributed by atoms with Crippen LogP contribution >= 0.6 is 0 Å². The van der Waals surface area contributed by atoms with Gasteiger partial charge in [-0.15, -0.1) is 0 Å². The topological polar surface area (TPSA) is 54.2 Å². The van der Waals surface area contributed by atoms with Crippen LogP contribution in [0.4, 0.5) is 17.6 Å². The summed E-state index contributed by atoms with van der Waals surface area (Å²) in [6.07, 6.45) is -3.22. The fourth-order valence-corrected chi connectivity index (χ4v) is 2.45. The molecular weight excluding hydrogens is 350 g/mol. The van der Waals surface area contributed by atoms with Crippen LogP contribution in [0.3, 0.4) is 0 Å². The summed E-state index contributed by atoms with van der Waals surface area (Å²) in [6.45, 7) is 3.38. The highest BCUT2D eigenvalue weighted by molar-refractivity contribution is 5.80. The Morgan fingerprint density at radius 2 is 2.04 bits per heavy atom. The molecule has 26 heavy (non-hydrogen) atoms. The van der Waals surface area contributed by atoms with Crippen LogP contribution in [0.1, 0.15) is 35.3 Å². The maximum absolute atomic E-state index is 13.7. The lowest BCUT2D eigenvalue weighted by molar-refractivity contribution is -0.142. The summed E-state index contributed by atoms with van der Waals surface area (Å²) in [4.78, 5) is 4.00. The summed E-state index contributed by atoms with van der Waals surface area (Å²) in [5.74, 6) is -0.0141. The van der Waals surface area contributed by atoms with Gasteiger partial charge in [0.05, 0.1) is 6.04 Å². The Kier molecular flexibility index (Phi) is 5.89. The Morgan fingerprint density at radius 1 is 1.35 bits per heavy atom. The monoisotopic (exact) mass is 371 g/mol. The molecule has 0 saturated carbocycles. The van der Waals surface area contributed by atoms with Gasteiger partial charge in [0.2, 0.25) is 0 Å². The van der Waals surface area contributed by atoms with Crippen molar-refractivity contribution in [1.29, 1.82) is 0 Å². The number of aryl methyl sites for hydroxylation is 2. The molecule has 0 spiro atoms. The standard InChI is InChI=1S/C17H21F4N5/c1-10-5-6-12(7-14(10)18)11(2)24-16(22-3)23-8-13-9-26(4)25-15(13)17(19,20)21/h5-7,9,11H,8H2,1-4H3,(H2,22,23,24). The van der Waals surface area contributed by atoms with Gasteiger partial charge in [-0.2, -0.15) is 18.3 Å². The maximum Gasteiger partial charge on any atom is 0.435 e. The van der Waals surface area contributed by atoms with E-state index in [2.05, 4.69) is 20.7 Å². The number of guanidine groups is 1. The molecule has 0 aliphatic rings. The molecule has 0 aliphatic carbocycles. The van der Waals surface area contributed by atoms with Crippen molar-refractivity contribution in [2.45, 2.75) is 32.6 Å². The highest BCUT2D eigenvalue weighted by Crippen LogP contribution is 2.30.